The van der Waals surface area contributed by atoms with Gasteiger partial charge in [-0.25, -0.2) is 4.79 Å². The van der Waals surface area contributed by atoms with Crippen LogP contribution in [-0.4, -0.2) is 52.3 Å². The van der Waals surface area contributed by atoms with Crippen molar-refractivity contribution in [3.8, 4) is 0 Å². The molecule has 1 aromatic carbocycles. The Balaban J connectivity index is 1.64. The van der Waals surface area contributed by atoms with E-state index in [0.717, 1.165) is 11.3 Å². The zero-order valence-corrected chi connectivity index (χ0v) is 17.3. The SMILES string of the molecule is CC(C)(C)OC(=O)NCCSCC(=O)NC1=NN=C(c2ccccc2)CS1. The molecule has 1 heterocycles. The Morgan fingerprint density at radius 2 is 1.96 bits per heavy atom. The molecule has 0 fully saturated rings. The lowest BCUT2D eigenvalue weighted by atomic mass is 10.1. The van der Waals surface area contributed by atoms with E-state index in [0.29, 0.717) is 23.2 Å². The highest BCUT2D eigenvalue weighted by atomic mass is 32.2. The van der Waals surface area contributed by atoms with Crippen LogP contribution < -0.4 is 10.6 Å². The standard InChI is InChI=1S/C18H24N4O3S2/c1-18(2,3)25-17(24)19-9-10-26-12-15(23)20-16-22-21-14(11-27-16)13-7-5-4-6-8-13/h4-8H,9-12H2,1-3H3,(H,19,24)(H,20,22,23). The third kappa shape index (κ3) is 8.49. The summed E-state index contributed by atoms with van der Waals surface area (Å²) in [5.74, 6) is 1.42. The van der Waals surface area contributed by atoms with Crippen LogP contribution in [0.2, 0.25) is 0 Å². The van der Waals surface area contributed by atoms with Crippen LogP contribution in [0.3, 0.4) is 0 Å². The van der Waals surface area contributed by atoms with E-state index in [4.69, 9.17) is 4.74 Å². The summed E-state index contributed by atoms with van der Waals surface area (Å²) in [5.41, 5.74) is 1.41. The quantitative estimate of drug-likeness (QED) is 0.706. The van der Waals surface area contributed by atoms with Crippen LogP contribution in [0.4, 0.5) is 4.79 Å². The number of carbonyl (C=O) groups excluding carboxylic acids is 2. The Morgan fingerprint density at radius 3 is 2.59 bits per heavy atom. The second-order valence-electron chi connectivity index (χ2n) is 6.64. The minimum Gasteiger partial charge on any atom is -0.444 e. The van der Waals surface area contributed by atoms with Gasteiger partial charge in [0.1, 0.15) is 5.60 Å². The second kappa shape index (κ2) is 10.4. The molecular formula is C18H24N4O3S2. The molecule has 0 radical (unpaired) electrons. The van der Waals surface area contributed by atoms with Gasteiger partial charge in [0.2, 0.25) is 5.91 Å². The van der Waals surface area contributed by atoms with Crippen molar-refractivity contribution in [3.05, 3.63) is 35.9 Å². The number of thioether (sulfide) groups is 2. The van der Waals surface area contributed by atoms with Crippen molar-refractivity contribution in [1.29, 1.82) is 0 Å². The van der Waals surface area contributed by atoms with E-state index in [1.54, 1.807) is 0 Å². The van der Waals surface area contributed by atoms with Crippen molar-refractivity contribution in [1.82, 2.24) is 10.6 Å². The Hall–Kier alpha value is -2.00. The molecule has 0 atom stereocenters. The van der Waals surface area contributed by atoms with Crippen LogP contribution in [0.1, 0.15) is 26.3 Å². The molecule has 146 valence electrons. The van der Waals surface area contributed by atoms with Crippen molar-refractivity contribution < 1.29 is 14.3 Å². The summed E-state index contributed by atoms with van der Waals surface area (Å²) in [4.78, 5) is 23.5. The lowest BCUT2D eigenvalue weighted by Crippen LogP contribution is -2.34. The number of hydrogen-bond donors (Lipinski definition) is 2. The zero-order valence-electron chi connectivity index (χ0n) is 15.7. The summed E-state index contributed by atoms with van der Waals surface area (Å²) in [6, 6.07) is 9.84. The molecule has 9 heteroatoms. The smallest absolute Gasteiger partial charge is 0.407 e. The highest BCUT2D eigenvalue weighted by molar-refractivity contribution is 8.14. The molecule has 0 bridgehead atoms. The minimum absolute atomic E-state index is 0.137. The van der Waals surface area contributed by atoms with E-state index in [-0.39, 0.29) is 11.7 Å². The van der Waals surface area contributed by atoms with Crippen LogP contribution in [0.5, 0.6) is 0 Å². The molecule has 1 aliphatic heterocycles. The lowest BCUT2D eigenvalue weighted by Gasteiger charge is -2.19. The normalized spacial score (nSPS) is 14.0. The summed E-state index contributed by atoms with van der Waals surface area (Å²) in [6.45, 7) is 5.87. The van der Waals surface area contributed by atoms with Gasteiger partial charge in [0, 0.05) is 18.1 Å². The number of carbonyl (C=O) groups is 2. The first kappa shape index (κ1) is 21.3. The number of hydrogen-bond acceptors (Lipinski definition) is 7. The van der Waals surface area contributed by atoms with Crippen molar-refractivity contribution in [2.24, 2.45) is 10.2 Å². The Labute approximate surface area is 167 Å². The van der Waals surface area contributed by atoms with Crippen LogP contribution in [0.25, 0.3) is 0 Å². The van der Waals surface area contributed by atoms with E-state index >= 15 is 0 Å². The van der Waals surface area contributed by atoms with Gasteiger partial charge in [0.15, 0.2) is 5.17 Å². The van der Waals surface area contributed by atoms with Crippen molar-refractivity contribution in [2.45, 2.75) is 26.4 Å². The average molecular weight is 409 g/mol. The van der Waals surface area contributed by atoms with Crippen LogP contribution in [0.15, 0.2) is 40.5 Å². The maximum absolute atomic E-state index is 12.0. The van der Waals surface area contributed by atoms with Crippen molar-refractivity contribution in [3.63, 3.8) is 0 Å². The van der Waals surface area contributed by atoms with Gasteiger partial charge >= 0.3 is 6.09 Å². The van der Waals surface area contributed by atoms with Gasteiger partial charge < -0.3 is 15.4 Å². The monoisotopic (exact) mass is 408 g/mol. The molecule has 2 amide bonds. The molecule has 7 nitrogen and oxygen atoms in total. The zero-order chi connectivity index (χ0) is 19.7. The molecule has 0 aliphatic carbocycles. The topological polar surface area (TPSA) is 92.1 Å². The predicted octanol–water partition coefficient (Wildman–Crippen LogP) is 2.87. The Kier molecular flexibility index (Phi) is 8.18. The van der Waals surface area contributed by atoms with Gasteiger partial charge in [-0.2, -0.15) is 16.9 Å². The van der Waals surface area contributed by atoms with Crippen molar-refractivity contribution in [2.75, 3.05) is 23.8 Å². The number of nitrogens with zero attached hydrogens (tertiary/aromatic N) is 2. The van der Waals surface area contributed by atoms with Gasteiger partial charge in [-0.3, -0.25) is 4.79 Å². The maximum atomic E-state index is 12.0. The second-order valence-corrected chi connectivity index (χ2v) is 8.71. The minimum atomic E-state index is -0.516. The van der Waals surface area contributed by atoms with Gasteiger partial charge in [-0.1, -0.05) is 42.1 Å². The molecule has 2 N–H and O–H groups in total. The summed E-state index contributed by atoms with van der Waals surface area (Å²) in [5, 5.41) is 14.2. The van der Waals surface area contributed by atoms with E-state index in [2.05, 4.69) is 20.8 Å². The average Bonchev–Trinajstić information content (AvgIpc) is 2.61. The largest absolute Gasteiger partial charge is 0.444 e. The fourth-order valence-corrected chi connectivity index (χ4v) is 3.42. The number of nitrogens with one attached hydrogen (secondary N) is 2. The predicted molar refractivity (Wildman–Crippen MR) is 113 cm³/mol. The van der Waals surface area contributed by atoms with Gasteiger partial charge in [-0.15, -0.1) is 5.10 Å². The summed E-state index contributed by atoms with van der Waals surface area (Å²) in [6.07, 6.45) is -0.451. The number of benzene rings is 1. The van der Waals surface area contributed by atoms with E-state index < -0.39 is 11.7 Å². The van der Waals surface area contributed by atoms with Crippen LogP contribution >= 0.6 is 23.5 Å². The number of rotatable bonds is 6. The Bertz CT molecular complexity index is 715. The first-order valence-corrected chi connectivity index (χ1v) is 10.6. The molecule has 0 aromatic heterocycles. The van der Waals surface area contributed by atoms with Gasteiger partial charge in [-0.05, 0) is 26.3 Å². The molecule has 0 saturated heterocycles. The summed E-state index contributed by atoms with van der Waals surface area (Å²) >= 11 is 2.88. The maximum Gasteiger partial charge on any atom is 0.407 e. The molecular weight excluding hydrogens is 384 g/mol. The van der Waals surface area contributed by atoms with E-state index in [1.165, 1.54) is 23.5 Å². The third-order valence-electron chi connectivity index (χ3n) is 3.11. The van der Waals surface area contributed by atoms with E-state index in [1.807, 2.05) is 51.1 Å². The fraction of sp³-hybridized carbons (Fsp3) is 0.444. The molecule has 2 rings (SSSR count). The molecule has 1 aliphatic rings. The highest BCUT2D eigenvalue weighted by Crippen LogP contribution is 2.14. The highest BCUT2D eigenvalue weighted by Gasteiger charge is 2.16. The van der Waals surface area contributed by atoms with Crippen LogP contribution in [-0.2, 0) is 9.53 Å². The van der Waals surface area contributed by atoms with Gasteiger partial charge in [0.25, 0.3) is 0 Å². The first-order valence-electron chi connectivity index (χ1n) is 8.51. The molecule has 0 saturated carbocycles. The lowest BCUT2D eigenvalue weighted by molar-refractivity contribution is -0.117. The fourth-order valence-electron chi connectivity index (χ4n) is 1.99. The molecule has 0 spiro atoms. The first-order chi connectivity index (χ1) is 12.8. The number of ether oxygens (including phenoxy) is 1. The molecule has 27 heavy (non-hydrogen) atoms. The number of alkyl carbamates (subject to hydrolysis) is 1. The summed E-state index contributed by atoms with van der Waals surface area (Å²) < 4.78 is 5.14. The third-order valence-corrected chi connectivity index (χ3v) is 4.94. The number of amides is 2. The van der Waals surface area contributed by atoms with Crippen LogP contribution in [0, 0.1) is 0 Å². The van der Waals surface area contributed by atoms with Crippen molar-refractivity contribution >= 4 is 46.4 Å². The Morgan fingerprint density at radius 1 is 1.22 bits per heavy atom. The molecule has 1 aromatic rings. The van der Waals surface area contributed by atoms with E-state index in [9.17, 15) is 9.59 Å². The molecule has 0 unspecified atom stereocenters. The summed E-state index contributed by atoms with van der Waals surface area (Å²) in [7, 11) is 0. The van der Waals surface area contributed by atoms with Gasteiger partial charge in [0.05, 0.1) is 11.5 Å². The number of amidine groups is 1.